The van der Waals surface area contributed by atoms with E-state index in [1.54, 1.807) is 23.2 Å². The summed E-state index contributed by atoms with van der Waals surface area (Å²) in [6.07, 6.45) is 1.54. The van der Waals surface area contributed by atoms with Crippen molar-refractivity contribution >= 4 is 11.6 Å². The Morgan fingerprint density at radius 2 is 2.25 bits per heavy atom. The van der Waals surface area contributed by atoms with Gasteiger partial charge >= 0.3 is 0 Å². The number of hydrogen-bond acceptors (Lipinski definition) is 4. The summed E-state index contributed by atoms with van der Waals surface area (Å²) in [4.78, 5) is 17.9. The number of aromatic nitrogens is 1. The lowest BCUT2D eigenvalue weighted by atomic mass is 10.2. The highest BCUT2D eigenvalue weighted by Gasteiger charge is 2.17. The summed E-state index contributed by atoms with van der Waals surface area (Å²) in [5, 5.41) is 0. The number of nitrogens with zero attached hydrogens (tertiary/aromatic N) is 2. The van der Waals surface area contributed by atoms with Crippen LogP contribution in [-0.4, -0.2) is 28.4 Å². The third kappa shape index (κ3) is 2.70. The van der Waals surface area contributed by atoms with Crippen LogP contribution in [0.5, 0.6) is 0 Å². The standard InChI is InChI=1S/C11H18N4O/c1-4-15(8(2)3)11(16)10-6-5-9(14-12)7-13-10/h5-8,14H,4,12H2,1-3H3. The number of carbonyl (C=O) groups is 1. The molecule has 0 aliphatic heterocycles. The summed E-state index contributed by atoms with van der Waals surface area (Å²) < 4.78 is 0. The summed E-state index contributed by atoms with van der Waals surface area (Å²) in [7, 11) is 0. The SMILES string of the molecule is CCN(C(=O)c1ccc(NN)cn1)C(C)C. The largest absolute Gasteiger partial charge is 0.335 e. The van der Waals surface area contributed by atoms with Gasteiger partial charge in [0.2, 0.25) is 0 Å². The van der Waals surface area contributed by atoms with Crippen molar-refractivity contribution in [3.8, 4) is 0 Å². The second-order valence-electron chi connectivity index (χ2n) is 3.76. The molecule has 0 spiro atoms. The molecule has 0 saturated carbocycles. The number of pyridine rings is 1. The van der Waals surface area contributed by atoms with Crippen LogP contribution >= 0.6 is 0 Å². The van der Waals surface area contributed by atoms with Crippen LogP contribution in [0.25, 0.3) is 0 Å². The van der Waals surface area contributed by atoms with Crippen LogP contribution in [0.4, 0.5) is 5.69 Å². The topological polar surface area (TPSA) is 71.2 Å². The predicted molar refractivity (Wildman–Crippen MR) is 63.9 cm³/mol. The van der Waals surface area contributed by atoms with Gasteiger partial charge in [0, 0.05) is 12.6 Å². The number of hydrogen-bond donors (Lipinski definition) is 2. The number of nitrogens with two attached hydrogens (primary N) is 1. The minimum absolute atomic E-state index is 0.0546. The van der Waals surface area contributed by atoms with Crippen molar-refractivity contribution in [2.24, 2.45) is 5.84 Å². The molecule has 3 N–H and O–H groups in total. The van der Waals surface area contributed by atoms with E-state index >= 15 is 0 Å². The molecule has 5 heteroatoms. The first-order chi connectivity index (χ1) is 7.60. The quantitative estimate of drug-likeness (QED) is 0.594. The van der Waals surface area contributed by atoms with Crippen LogP contribution in [0.2, 0.25) is 0 Å². The minimum Gasteiger partial charge on any atom is -0.335 e. The number of hydrazine groups is 1. The lowest BCUT2D eigenvalue weighted by Crippen LogP contribution is -2.37. The number of carbonyl (C=O) groups excluding carboxylic acids is 1. The zero-order valence-corrected chi connectivity index (χ0v) is 9.90. The van der Waals surface area contributed by atoms with Crippen molar-refractivity contribution in [2.75, 3.05) is 12.0 Å². The van der Waals surface area contributed by atoms with E-state index in [-0.39, 0.29) is 11.9 Å². The van der Waals surface area contributed by atoms with Gasteiger partial charge in [0.15, 0.2) is 0 Å². The molecule has 1 rings (SSSR count). The van der Waals surface area contributed by atoms with E-state index in [4.69, 9.17) is 5.84 Å². The van der Waals surface area contributed by atoms with Gasteiger partial charge in [-0.2, -0.15) is 0 Å². The molecule has 0 bridgehead atoms. The van der Waals surface area contributed by atoms with Crippen LogP contribution in [0.3, 0.4) is 0 Å². The first-order valence-corrected chi connectivity index (χ1v) is 5.33. The minimum atomic E-state index is -0.0546. The molecule has 16 heavy (non-hydrogen) atoms. The van der Waals surface area contributed by atoms with Gasteiger partial charge in [0.05, 0.1) is 11.9 Å². The predicted octanol–water partition coefficient (Wildman–Crippen LogP) is 1.24. The van der Waals surface area contributed by atoms with Crippen molar-refractivity contribution in [1.29, 1.82) is 0 Å². The highest BCUT2D eigenvalue weighted by molar-refractivity contribution is 5.92. The second-order valence-corrected chi connectivity index (χ2v) is 3.76. The van der Waals surface area contributed by atoms with E-state index in [1.807, 2.05) is 20.8 Å². The second kappa shape index (κ2) is 5.46. The molecule has 1 aromatic rings. The zero-order valence-electron chi connectivity index (χ0n) is 9.90. The van der Waals surface area contributed by atoms with Crippen molar-refractivity contribution < 1.29 is 4.79 Å². The zero-order chi connectivity index (χ0) is 12.1. The fourth-order valence-electron chi connectivity index (χ4n) is 1.50. The molecule has 1 heterocycles. The first kappa shape index (κ1) is 12.4. The Labute approximate surface area is 95.6 Å². The molecule has 88 valence electrons. The van der Waals surface area contributed by atoms with Crippen molar-refractivity contribution in [3.63, 3.8) is 0 Å². The number of rotatable bonds is 4. The number of nitrogen functional groups attached to an aromatic ring is 1. The van der Waals surface area contributed by atoms with Gasteiger partial charge in [-0.1, -0.05) is 0 Å². The molecular weight excluding hydrogens is 204 g/mol. The number of anilines is 1. The van der Waals surface area contributed by atoms with Crippen LogP contribution in [0.15, 0.2) is 18.3 Å². The van der Waals surface area contributed by atoms with Gasteiger partial charge < -0.3 is 10.3 Å². The summed E-state index contributed by atoms with van der Waals surface area (Å²) in [5.41, 5.74) is 3.60. The van der Waals surface area contributed by atoms with Crippen molar-refractivity contribution in [2.45, 2.75) is 26.8 Å². The lowest BCUT2D eigenvalue weighted by Gasteiger charge is -2.24. The molecule has 0 aromatic carbocycles. The van der Waals surface area contributed by atoms with Gasteiger partial charge in [-0.3, -0.25) is 10.6 Å². The van der Waals surface area contributed by atoms with Gasteiger partial charge in [-0.05, 0) is 32.9 Å². The van der Waals surface area contributed by atoms with Crippen LogP contribution in [-0.2, 0) is 0 Å². The van der Waals surface area contributed by atoms with E-state index in [0.717, 1.165) is 0 Å². The van der Waals surface area contributed by atoms with E-state index in [2.05, 4.69) is 10.4 Å². The molecule has 0 aliphatic carbocycles. The van der Waals surface area contributed by atoms with E-state index < -0.39 is 0 Å². The maximum atomic E-state index is 12.0. The Bertz CT molecular complexity index is 348. The van der Waals surface area contributed by atoms with E-state index in [1.165, 1.54) is 0 Å². The fraction of sp³-hybridized carbons (Fsp3) is 0.455. The van der Waals surface area contributed by atoms with Crippen molar-refractivity contribution in [3.05, 3.63) is 24.0 Å². The summed E-state index contributed by atoms with van der Waals surface area (Å²) in [6, 6.07) is 3.57. The normalized spacial score (nSPS) is 10.3. The summed E-state index contributed by atoms with van der Waals surface area (Å²) >= 11 is 0. The Hall–Kier alpha value is -1.62. The molecule has 0 unspecified atom stereocenters. The van der Waals surface area contributed by atoms with Gasteiger partial charge in [0.25, 0.3) is 5.91 Å². The number of amides is 1. The number of nitrogens with one attached hydrogen (secondary N) is 1. The molecule has 0 fully saturated rings. The molecule has 0 aliphatic rings. The van der Waals surface area contributed by atoms with Crippen molar-refractivity contribution in [1.82, 2.24) is 9.88 Å². The third-order valence-corrected chi connectivity index (χ3v) is 2.37. The highest BCUT2D eigenvalue weighted by Crippen LogP contribution is 2.09. The molecule has 0 atom stereocenters. The third-order valence-electron chi connectivity index (χ3n) is 2.37. The molecule has 0 radical (unpaired) electrons. The average Bonchev–Trinajstić information content (AvgIpc) is 2.29. The summed E-state index contributed by atoms with van der Waals surface area (Å²) in [5.74, 6) is 5.17. The molecule has 0 saturated heterocycles. The van der Waals surface area contributed by atoms with Crippen LogP contribution in [0.1, 0.15) is 31.3 Å². The Kier molecular flexibility index (Phi) is 4.25. The van der Waals surface area contributed by atoms with E-state index in [0.29, 0.717) is 17.9 Å². The van der Waals surface area contributed by atoms with Gasteiger partial charge in [-0.25, -0.2) is 4.98 Å². The fourth-order valence-corrected chi connectivity index (χ4v) is 1.50. The van der Waals surface area contributed by atoms with E-state index in [9.17, 15) is 4.79 Å². The van der Waals surface area contributed by atoms with Crippen LogP contribution < -0.4 is 11.3 Å². The van der Waals surface area contributed by atoms with Gasteiger partial charge in [0.1, 0.15) is 5.69 Å². The average molecular weight is 222 g/mol. The van der Waals surface area contributed by atoms with Crippen LogP contribution in [0, 0.1) is 0 Å². The molecular formula is C11H18N4O. The highest BCUT2D eigenvalue weighted by atomic mass is 16.2. The smallest absolute Gasteiger partial charge is 0.272 e. The maximum absolute atomic E-state index is 12.0. The Morgan fingerprint density at radius 1 is 1.56 bits per heavy atom. The molecule has 1 aromatic heterocycles. The van der Waals surface area contributed by atoms with Gasteiger partial charge in [-0.15, -0.1) is 0 Å². The molecule has 5 nitrogen and oxygen atoms in total. The Balaban J connectivity index is 2.86. The Morgan fingerprint density at radius 3 is 2.62 bits per heavy atom. The first-order valence-electron chi connectivity index (χ1n) is 5.33. The maximum Gasteiger partial charge on any atom is 0.272 e. The molecule has 1 amide bonds. The monoisotopic (exact) mass is 222 g/mol. The lowest BCUT2D eigenvalue weighted by molar-refractivity contribution is 0.0711. The summed E-state index contributed by atoms with van der Waals surface area (Å²) in [6.45, 7) is 6.59.